The van der Waals surface area contributed by atoms with Gasteiger partial charge in [-0.3, -0.25) is 14.5 Å². The molecule has 1 atom stereocenters. The molecule has 1 saturated heterocycles. The van der Waals surface area contributed by atoms with Gasteiger partial charge in [0, 0.05) is 19.6 Å². The Morgan fingerprint density at radius 1 is 1.17 bits per heavy atom. The molecule has 0 spiro atoms. The van der Waals surface area contributed by atoms with Crippen molar-refractivity contribution in [1.29, 1.82) is 0 Å². The van der Waals surface area contributed by atoms with E-state index in [1.54, 1.807) is 13.8 Å². The lowest BCUT2D eigenvalue weighted by Gasteiger charge is -2.35. The lowest BCUT2D eigenvalue weighted by molar-refractivity contribution is -0.173. The molecule has 1 aliphatic rings. The van der Waals surface area contributed by atoms with Crippen LogP contribution in [0.2, 0.25) is 0 Å². The molecule has 1 aromatic rings. The molecule has 1 aromatic carbocycles. The van der Waals surface area contributed by atoms with Crippen molar-refractivity contribution in [2.75, 3.05) is 32.9 Å². The lowest BCUT2D eigenvalue weighted by Crippen LogP contribution is -2.50. The number of rotatable bonds is 7. The van der Waals surface area contributed by atoms with Crippen LogP contribution in [0.5, 0.6) is 0 Å². The molecule has 0 amide bonds. The Kier molecular flexibility index (Phi) is 7.21. The maximum absolute atomic E-state index is 12.2. The average Bonchev–Trinajstić information content (AvgIpc) is 2.57. The van der Waals surface area contributed by atoms with Gasteiger partial charge in [-0.2, -0.15) is 0 Å². The second-order valence-corrected chi connectivity index (χ2v) is 5.61. The van der Waals surface area contributed by atoms with Crippen molar-refractivity contribution < 1.29 is 23.8 Å². The van der Waals surface area contributed by atoms with E-state index >= 15 is 0 Å². The largest absolute Gasteiger partial charge is 0.465 e. The molecular formula is C18H25NO5. The van der Waals surface area contributed by atoms with Crippen molar-refractivity contribution in [1.82, 2.24) is 4.90 Å². The van der Waals surface area contributed by atoms with Crippen molar-refractivity contribution in [2.45, 2.75) is 26.5 Å². The van der Waals surface area contributed by atoms with Crippen LogP contribution in [0.25, 0.3) is 0 Å². The Morgan fingerprint density at radius 3 is 2.38 bits per heavy atom. The molecule has 0 N–H and O–H groups in total. The Hall–Kier alpha value is -1.92. The number of benzene rings is 1. The summed E-state index contributed by atoms with van der Waals surface area (Å²) in [6.45, 7) is 6.31. The van der Waals surface area contributed by atoms with Gasteiger partial charge >= 0.3 is 11.9 Å². The predicted octanol–water partition coefficient (Wildman–Crippen LogP) is 1.63. The highest BCUT2D eigenvalue weighted by atomic mass is 16.6. The first-order valence-corrected chi connectivity index (χ1v) is 8.36. The summed E-state index contributed by atoms with van der Waals surface area (Å²) in [6, 6.07) is 10.1. The number of hydrogen-bond donors (Lipinski definition) is 0. The third kappa shape index (κ3) is 5.04. The minimum Gasteiger partial charge on any atom is -0.465 e. The zero-order valence-corrected chi connectivity index (χ0v) is 14.3. The molecular weight excluding hydrogens is 310 g/mol. The van der Waals surface area contributed by atoms with E-state index in [0.717, 1.165) is 13.1 Å². The zero-order valence-electron chi connectivity index (χ0n) is 14.3. The number of nitrogens with zero attached hydrogens (tertiary/aromatic N) is 1. The summed E-state index contributed by atoms with van der Waals surface area (Å²) in [5, 5.41) is 0. The van der Waals surface area contributed by atoms with Gasteiger partial charge in [-0.25, -0.2) is 0 Å². The van der Waals surface area contributed by atoms with Gasteiger partial charge in [-0.05, 0) is 19.4 Å². The van der Waals surface area contributed by atoms with E-state index in [-0.39, 0.29) is 13.2 Å². The molecule has 24 heavy (non-hydrogen) atoms. The first-order chi connectivity index (χ1) is 11.7. The van der Waals surface area contributed by atoms with E-state index in [4.69, 9.17) is 14.2 Å². The normalized spacial score (nSPS) is 18.4. The lowest BCUT2D eigenvalue weighted by atomic mass is 10.0. The number of esters is 2. The third-order valence-corrected chi connectivity index (χ3v) is 3.88. The highest BCUT2D eigenvalue weighted by Crippen LogP contribution is 2.19. The second-order valence-electron chi connectivity index (χ2n) is 5.61. The molecule has 1 heterocycles. The van der Waals surface area contributed by atoms with Gasteiger partial charge in [0.15, 0.2) is 5.92 Å². The molecule has 6 nitrogen and oxygen atoms in total. The molecule has 0 aliphatic carbocycles. The molecule has 0 saturated carbocycles. The molecule has 0 bridgehead atoms. The van der Waals surface area contributed by atoms with Gasteiger partial charge < -0.3 is 14.2 Å². The van der Waals surface area contributed by atoms with E-state index in [0.29, 0.717) is 13.2 Å². The standard InChI is InChI=1S/C18H25NO5/c1-3-22-17(20)16(18(21)23-4-2)15-13-19(10-11-24-15)12-14-8-6-5-7-9-14/h5-9,15-16H,3-4,10-13H2,1-2H3. The topological polar surface area (TPSA) is 65.1 Å². The fourth-order valence-electron chi connectivity index (χ4n) is 2.78. The van der Waals surface area contributed by atoms with Crippen LogP contribution in [-0.4, -0.2) is 55.9 Å². The molecule has 2 rings (SSSR count). The molecule has 132 valence electrons. The molecule has 1 aliphatic heterocycles. The fourth-order valence-corrected chi connectivity index (χ4v) is 2.78. The zero-order chi connectivity index (χ0) is 17.4. The quantitative estimate of drug-likeness (QED) is 0.557. The molecule has 6 heteroatoms. The van der Waals surface area contributed by atoms with Gasteiger partial charge in [0.05, 0.1) is 25.9 Å². The molecule has 1 fully saturated rings. The Morgan fingerprint density at radius 2 is 1.79 bits per heavy atom. The summed E-state index contributed by atoms with van der Waals surface area (Å²) >= 11 is 0. The van der Waals surface area contributed by atoms with Crippen LogP contribution in [0, 0.1) is 5.92 Å². The van der Waals surface area contributed by atoms with Gasteiger partial charge in [0.1, 0.15) is 0 Å². The summed E-state index contributed by atoms with van der Waals surface area (Å²) in [6.07, 6.45) is -0.555. The Labute approximate surface area is 142 Å². The summed E-state index contributed by atoms with van der Waals surface area (Å²) < 4.78 is 15.8. The highest BCUT2D eigenvalue weighted by Gasteiger charge is 2.40. The van der Waals surface area contributed by atoms with Crippen molar-refractivity contribution in [2.24, 2.45) is 5.92 Å². The smallest absolute Gasteiger partial charge is 0.323 e. The molecule has 0 radical (unpaired) electrons. The Balaban J connectivity index is 2.05. The predicted molar refractivity (Wildman–Crippen MR) is 88.2 cm³/mol. The first kappa shape index (κ1) is 18.4. The van der Waals surface area contributed by atoms with E-state index in [9.17, 15) is 9.59 Å². The number of hydrogen-bond acceptors (Lipinski definition) is 6. The highest BCUT2D eigenvalue weighted by molar-refractivity contribution is 5.95. The summed E-state index contributed by atoms with van der Waals surface area (Å²) in [7, 11) is 0. The van der Waals surface area contributed by atoms with Crippen LogP contribution < -0.4 is 0 Å². The maximum Gasteiger partial charge on any atom is 0.323 e. The van der Waals surface area contributed by atoms with Crippen LogP contribution in [0.15, 0.2) is 30.3 Å². The van der Waals surface area contributed by atoms with Crippen LogP contribution in [0.4, 0.5) is 0 Å². The monoisotopic (exact) mass is 335 g/mol. The SMILES string of the molecule is CCOC(=O)C(C(=O)OCC)C1CN(Cc2ccccc2)CCO1. The Bertz CT molecular complexity index is 515. The summed E-state index contributed by atoms with van der Waals surface area (Å²) in [5.74, 6) is -2.20. The van der Waals surface area contributed by atoms with Crippen molar-refractivity contribution >= 4 is 11.9 Å². The number of morpholine rings is 1. The van der Waals surface area contributed by atoms with E-state index in [1.165, 1.54) is 5.56 Å². The maximum atomic E-state index is 12.2. The van der Waals surface area contributed by atoms with Crippen LogP contribution >= 0.6 is 0 Å². The minimum atomic E-state index is -1.04. The van der Waals surface area contributed by atoms with Crippen LogP contribution in [0.3, 0.4) is 0 Å². The average molecular weight is 335 g/mol. The van der Waals surface area contributed by atoms with Gasteiger partial charge in [0.2, 0.25) is 0 Å². The summed E-state index contributed by atoms with van der Waals surface area (Å²) in [4.78, 5) is 26.6. The number of carbonyl (C=O) groups is 2. The van der Waals surface area contributed by atoms with Crippen LogP contribution in [-0.2, 0) is 30.3 Å². The fraction of sp³-hybridized carbons (Fsp3) is 0.556. The second kappa shape index (κ2) is 9.39. The van der Waals surface area contributed by atoms with Gasteiger partial charge in [-0.15, -0.1) is 0 Å². The van der Waals surface area contributed by atoms with Crippen LogP contribution in [0.1, 0.15) is 19.4 Å². The van der Waals surface area contributed by atoms with Crippen molar-refractivity contribution in [3.63, 3.8) is 0 Å². The van der Waals surface area contributed by atoms with Crippen molar-refractivity contribution in [3.8, 4) is 0 Å². The van der Waals surface area contributed by atoms with Gasteiger partial charge in [0.25, 0.3) is 0 Å². The summed E-state index contributed by atoms with van der Waals surface area (Å²) in [5.41, 5.74) is 1.18. The van der Waals surface area contributed by atoms with Crippen molar-refractivity contribution in [3.05, 3.63) is 35.9 Å². The minimum absolute atomic E-state index is 0.217. The number of ether oxygens (including phenoxy) is 3. The molecule has 0 aromatic heterocycles. The van der Waals surface area contributed by atoms with E-state index in [1.807, 2.05) is 18.2 Å². The molecule has 1 unspecified atom stereocenters. The number of carbonyl (C=O) groups excluding carboxylic acids is 2. The first-order valence-electron chi connectivity index (χ1n) is 8.36. The van der Waals surface area contributed by atoms with E-state index in [2.05, 4.69) is 17.0 Å². The van der Waals surface area contributed by atoms with Gasteiger partial charge in [-0.1, -0.05) is 30.3 Å². The third-order valence-electron chi connectivity index (χ3n) is 3.88. The van der Waals surface area contributed by atoms with E-state index < -0.39 is 24.0 Å².